The van der Waals surface area contributed by atoms with Gasteiger partial charge in [-0.3, -0.25) is 0 Å². The van der Waals surface area contributed by atoms with Crippen molar-refractivity contribution >= 4 is 5.69 Å². The number of ether oxygens (including phenoxy) is 1. The van der Waals surface area contributed by atoms with Crippen LogP contribution in [-0.4, -0.2) is 12.0 Å². The summed E-state index contributed by atoms with van der Waals surface area (Å²) in [6.45, 7) is 0. The van der Waals surface area contributed by atoms with E-state index in [1.165, 1.54) is 12.1 Å². The summed E-state index contributed by atoms with van der Waals surface area (Å²) in [5.74, 6) is -13.9. The SMILES string of the molecule is Nc1cccc(OC2(OF)C(F)=C(F)C(F)=C(F)C2F)c1. The number of rotatable bonds is 3. The van der Waals surface area contributed by atoms with E-state index in [-0.39, 0.29) is 5.69 Å². The minimum Gasteiger partial charge on any atom is -0.450 e. The van der Waals surface area contributed by atoms with E-state index in [2.05, 4.69) is 9.68 Å². The molecule has 114 valence electrons. The number of hydrogen-bond acceptors (Lipinski definition) is 3. The molecule has 0 aromatic heterocycles. The minimum atomic E-state index is -3.77. The molecule has 0 amide bonds. The van der Waals surface area contributed by atoms with Gasteiger partial charge in [0.15, 0.2) is 17.5 Å². The number of nitrogen functional groups attached to an aromatic ring is 1. The van der Waals surface area contributed by atoms with Crippen molar-refractivity contribution in [3.05, 3.63) is 47.6 Å². The van der Waals surface area contributed by atoms with Crippen molar-refractivity contribution in [3.8, 4) is 5.75 Å². The molecule has 0 bridgehead atoms. The summed E-state index contributed by atoms with van der Waals surface area (Å²) in [5.41, 5.74) is 5.42. The first kappa shape index (κ1) is 15.2. The van der Waals surface area contributed by atoms with Gasteiger partial charge in [-0.15, -0.1) is 4.94 Å². The molecular weight excluding hydrogens is 304 g/mol. The highest BCUT2D eigenvalue weighted by atomic mass is 19.3. The molecule has 1 aromatic rings. The zero-order valence-corrected chi connectivity index (χ0v) is 10.0. The quantitative estimate of drug-likeness (QED) is 0.523. The van der Waals surface area contributed by atoms with Crippen LogP contribution in [0.2, 0.25) is 0 Å². The molecule has 0 radical (unpaired) electrons. The predicted octanol–water partition coefficient (Wildman–Crippen LogP) is 3.90. The smallest absolute Gasteiger partial charge is 0.338 e. The Morgan fingerprint density at radius 2 is 1.76 bits per heavy atom. The van der Waals surface area contributed by atoms with E-state index < -0.39 is 41.0 Å². The molecule has 2 rings (SSSR count). The molecule has 0 fully saturated rings. The molecule has 2 atom stereocenters. The summed E-state index contributed by atoms with van der Waals surface area (Å²) in [6.07, 6.45) is -3.40. The van der Waals surface area contributed by atoms with Crippen LogP contribution in [0.25, 0.3) is 0 Å². The molecule has 1 aliphatic rings. The highest BCUT2D eigenvalue weighted by molar-refractivity contribution is 5.45. The van der Waals surface area contributed by atoms with Crippen molar-refractivity contribution in [1.82, 2.24) is 0 Å². The third-order valence-electron chi connectivity index (χ3n) is 2.70. The summed E-state index contributed by atoms with van der Waals surface area (Å²) >= 11 is 0. The second kappa shape index (κ2) is 5.32. The highest BCUT2D eigenvalue weighted by Crippen LogP contribution is 2.45. The predicted molar refractivity (Wildman–Crippen MR) is 59.8 cm³/mol. The fourth-order valence-corrected chi connectivity index (χ4v) is 1.68. The summed E-state index contributed by atoms with van der Waals surface area (Å²) in [4.78, 5) is 2.98. The molecule has 3 nitrogen and oxygen atoms in total. The van der Waals surface area contributed by atoms with Crippen LogP contribution in [0.15, 0.2) is 47.6 Å². The van der Waals surface area contributed by atoms with Crippen molar-refractivity contribution < 1.29 is 36.2 Å². The van der Waals surface area contributed by atoms with Gasteiger partial charge in [0, 0.05) is 11.8 Å². The van der Waals surface area contributed by atoms with E-state index in [0.29, 0.717) is 0 Å². The first-order chi connectivity index (χ1) is 9.83. The van der Waals surface area contributed by atoms with Crippen molar-refractivity contribution in [3.63, 3.8) is 0 Å². The molecule has 0 aliphatic heterocycles. The van der Waals surface area contributed by atoms with Crippen LogP contribution in [0.4, 0.5) is 32.2 Å². The van der Waals surface area contributed by atoms with Gasteiger partial charge < -0.3 is 10.5 Å². The summed E-state index contributed by atoms with van der Waals surface area (Å²) < 4.78 is 83.8. The lowest BCUT2D eigenvalue weighted by Crippen LogP contribution is -2.50. The highest BCUT2D eigenvalue weighted by Gasteiger charge is 2.58. The molecule has 2 unspecified atom stereocenters. The van der Waals surface area contributed by atoms with E-state index in [1.807, 2.05) is 0 Å². The van der Waals surface area contributed by atoms with Gasteiger partial charge >= 0.3 is 5.79 Å². The summed E-state index contributed by atoms with van der Waals surface area (Å²) in [7, 11) is 0. The molecule has 0 saturated heterocycles. The van der Waals surface area contributed by atoms with Gasteiger partial charge in [0.25, 0.3) is 0 Å². The number of nitrogens with two attached hydrogens (primary N) is 1. The minimum absolute atomic E-state index is 0.0554. The molecule has 0 heterocycles. The normalized spacial score (nSPS) is 26.3. The number of alkyl halides is 1. The Balaban J connectivity index is 2.51. The number of allylic oxidation sites excluding steroid dienone is 2. The number of anilines is 1. The third kappa shape index (κ3) is 2.33. The fourth-order valence-electron chi connectivity index (χ4n) is 1.68. The number of halogens is 6. The second-order valence-electron chi connectivity index (χ2n) is 4.07. The van der Waals surface area contributed by atoms with Gasteiger partial charge in [0.2, 0.25) is 12.0 Å². The van der Waals surface area contributed by atoms with Crippen LogP contribution in [0.1, 0.15) is 0 Å². The topological polar surface area (TPSA) is 44.5 Å². The first-order valence-corrected chi connectivity index (χ1v) is 5.43. The van der Waals surface area contributed by atoms with Crippen molar-refractivity contribution in [2.24, 2.45) is 0 Å². The third-order valence-corrected chi connectivity index (χ3v) is 2.70. The largest absolute Gasteiger partial charge is 0.450 e. The zero-order chi connectivity index (χ0) is 15.8. The fraction of sp³-hybridized carbons (Fsp3) is 0.167. The van der Waals surface area contributed by atoms with E-state index >= 15 is 0 Å². The van der Waals surface area contributed by atoms with Crippen LogP contribution in [0.5, 0.6) is 5.75 Å². The van der Waals surface area contributed by atoms with Gasteiger partial charge in [-0.05, 0) is 16.7 Å². The summed E-state index contributed by atoms with van der Waals surface area (Å²) in [6, 6.07) is 4.68. The Hall–Kier alpha value is -2.16. The van der Waals surface area contributed by atoms with Crippen LogP contribution < -0.4 is 10.5 Å². The van der Waals surface area contributed by atoms with Crippen molar-refractivity contribution in [2.75, 3.05) is 5.73 Å². The average molecular weight is 311 g/mol. The van der Waals surface area contributed by atoms with Gasteiger partial charge in [-0.1, -0.05) is 6.07 Å². The maximum atomic E-state index is 13.7. The van der Waals surface area contributed by atoms with Gasteiger partial charge in [0.05, 0.1) is 0 Å². The lowest BCUT2D eigenvalue weighted by molar-refractivity contribution is -0.322. The molecule has 2 N–H and O–H groups in total. The Kier molecular flexibility index (Phi) is 3.86. The Labute approximate surface area is 114 Å². The second-order valence-corrected chi connectivity index (χ2v) is 4.07. The molecular formula is C12H7F6NO2. The Morgan fingerprint density at radius 3 is 2.33 bits per heavy atom. The van der Waals surface area contributed by atoms with Crippen LogP contribution in [0, 0.1) is 0 Å². The van der Waals surface area contributed by atoms with Gasteiger partial charge in [-0.2, -0.15) is 0 Å². The van der Waals surface area contributed by atoms with Crippen molar-refractivity contribution in [2.45, 2.75) is 12.0 Å². The van der Waals surface area contributed by atoms with E-state index in [0.717, 1.165) is 12.1 Å². The van der Waals surface area contributed by atoms with Gasteiger partial charge in [-0.25, -0.2) is 22.0 Å². The van der Waals surface area contributed by atoms with Crippen LogP contribution >= 0.6 is 0 Å². The molecule has 0 spiro atoms. The maximum absolute atomic E-state index is 13.7. The first-order valence-electron chi connectivity index (χ1n) is 5.43. The van der Waals surface area contributed by atoms with Crippen molar-refractivity contribution in [1.29, 1.82) is 0 Å². The lowest BCUT2D eigenvalue weighted by atomic mass is 10.0. The molecule has 21 heavy (non-hydrogen) atoms. The van der Waals surface area contributed by atoms with Crippen LogP contribution in [0.3, 0.4) is 0 Å². The van der Waals surface area contributed by atoms with Gasteiger partial charge in [0.1, 0.15) is 5.75 Å². The molecule has 1 aliphatic carbocycles. The lowest BCUT2D eigenvalue weighted by Gasteiger charge is -2.32. The number of benzene rings is 1. The monoisotopic (exact) mass is 311 g/mol. The number of hydrogen-bond donors (Lipinski definition) is 1. The molecule has 0 saturated carbocycles. The van der Waals surface area contributed by atoms with Crippen LogP contribution in [-0.2, 0) is 4.94 Å². The maximum Gasteiger partial charge on any atom is 0.338 e. The summed E-state index contributed by atoms with van der Waals surface area (Å²) in [5, 5.41) is 0. The van der Waals surface area contributed by atoms with E-state index in [4.69, 9.17) is 5.73 Å². The zero-order valence-electron chi connectivity index (χ0n) is 10.0. The van der Waals surface area contributed by atoms with E-state index in [1.54, 1.807) is 0 Å². The Bertz CT molecular complexity index is 632. The standard InChI is InChI=1S/C12H7F6NO2/c13-7-8(14)10(16)12(21-18,11(17)9(7)15)20-6-3-1-2-5(19)4-6/h1-4,10H,19H2. The molecule has 9 heteroatoms. The van der Waals surface area contributed by atoms with E-state index in [9.17, 15) is 26.5 Å². The average Bonchev–Trinajstić information content (AvgIpc) is 2.48. The Morgan fingerprint density at radius 1 is 1.10 bits per heavy atom. The molecule has 1 aromatic carbocycles.